The largest absolute Gasteiger partial charge is 0.343 e. The van der Waals surface area contributed by atoms with E-state index in [1.165, 1.54) is 48.2 Å². The van der Waals surface area contributed by atoms with E-state index in [1.807, 2.05) is 13.8 Å². The average Bonchev–Trinajstić information content (AvgIpc) is 2.73. The van der Waals surface area contributed by atoms with Crippen molar-refractivity contribution in [1.82, 2.24) is 15.4 Å². The number of urea groups is 1. The van der Waals surface area contributed by atoms with Gasteiger partial charge in [0.15, 0.2) is 10.5 Å². The zero-order chi connectivity index (χ0) is 18.1. The van der Waals surface area contributed by atoms with Crippen LogP contribution < -0.4 is 5.32 Å². The third-order valence-corrected chi connectivity index (χ3v) is 5.22. The first kappa shape index (κ1) is 18.9. The number of nitrogens with one attached hydrogen (secondary N) is 1. The van der Waals surface area contributed by atoms with E-state index < -0.39 is 22.8 Å². The molecule has 130 valence electrons. The number of amides is 2. The molecule has 0 aromatic heterocycles. The summed E-state index contributed by atoms with van der Waals surface area (Å²) < 4.78 is 13.6. The van der Waals surface area contributed by atoms with Crippen LogP contribution >= 0.6 is 35.6 Å². The number of carbonyl (C=O) groups is 1. The maximum Gasteiger partial charge on any atom is 0.343 e. The van der Waals surface area contributed by atoms with Gasteiger partial charge < -0.3 is 5.32 Å². The van der Waals surface area contributed by atoms with Crippen LogP contribution in [0, 0.1) is 5.82 Å². The Balaban J connectivity index is 2.37. The van der Waals surface area contributed by atoms with Gasteiger partial charge in [0.1, 0.15) is 5.82 Å². The van der Waals surface area contributed by atoms with Gasteiger partial charge >= 0.3 is 6.03 Å². The first-order chi connectivity index (χ1) is 11.2. The first-order valence-corrected chi connectivity index (χ1v) is 8.49. The van der Waals surface area contributed by atoms with Crippen molar-refractivity contribution in [2.75, 3.05) is 7.05 Å². The molecule has 1 aromatic carbocycles. The zero-order valence-corrected chi connectivity index (χ0v) is 15.5. The lowest BCUT2D eigenvalue weighted by Crippen LogP contribution is -2.55. The van der Waals surface area contributed by atoms with E-state index in [0.29, 0.717) is 9.38 Å². The van der Waals surface area contributed by atoms with Crippen LogP contribution in [0.5, 0.6) is 0 Å². The second kappa shape index (κ2) is 7.22. The molecular weight excluding hydrogens is 375 g/mol. The normalized spacial score (nSPS) is 19.8. The molecule has 0 unspecified atom stereocenters. The molecule has 1 atom stereocenters. The molecule has 10 heteroatoms. The quantitative estimate of drug-likeness (QED) is 0.359. The lowest BCUT2D eigenvalue weighted by atomic mass is 10.1. The Morgan fingerprint density at radius 1 is 1.62 bits per heavy atom. The smallest absolute Gasteiger partial charge is 0.339 e. The summed E-state index contributed by atoms with van der Waals surface area (Å²) in [6, 6.07) is 3.57. The van der Waals surface area contributed by atoms with Gasteiger partial charge in [0.25, 0.3) is 0 Å². The molecule has 1 aliphatic rings. The molecule has 1 saturated heterocycles. The molecule has 1 heterocycles. The van der Waals surface area contributed by atoms with Crippen LogP contribution in [0.1, 0.15) is 19.4 Å². The number of hydrogen-bond acceptors (Lipinski definition) is 5. The Morgan fingerprint density at radius 2 is 2.29 bits per heavy atom. The number of nitrogens with zero attached hydrogens (tertiary/aromatic N) is 3. The lowest BCUT2D eigenvalue weighted by Gasteiger charge is -2.33. The fourth-order valence-electron chi connectivity index (χ4n) is 2.21. The van der Waals surface area contributed by atoms with Gasteiger partial charge in [-0.1, -0.05) is 41.6 Å². The highest BCUT2D eigenvalue weighted by Crippen LogP contribution is 2.42. The number of hydroxylamine groups is 2. The second-order valence-corrected chi connectivity index (χ2v) is 8.16. The standard InChI is InChI=1S/C14H16ClFN4O2S2/c1-14(2)11(20(22)12(21)17-3)19(13(23)24-14)18-7-8-9(15)5-4-6-10(8)16/h4-7,11,22H,1-3H3,(H,17,21)/t11-/m0/s1. The Kier molecular flexibility index (Phi) is 5.69. The highest BCUT2D eigenvalue weighted by molar-refractivity contribution is 8.24. The SMILES string of the molecule is CNC(=O)N(O)[C@@H]1N(N=Cc2c(F)cccc2Cl)C(=S)SC1(C)C. The van der Waals surface area contributed by atoms with Gasteiger partial charge in [-0.05, 0) is 26.0 Å². The van der Waals surface area contributed by atoms with E-state index in [4.69, 9.17) is 23.8 Å². The Morgan fingerprint density at radius 3 is 2.88 bits per heavy atom. The zero-order valence-electron chi connectivity index (χ0n) is 13.2. The minimum atomic E-state index is -0.864. The first-order valence-electron chi connectivity index (χ1n) is 6.89. The van der Waals surface area contributed by atoms with Crippen molar-refractivity contribution < 1.29 is 14.4 Å². The van der Waals surface area contributed by atoms with E-state index in [1.54, 1.807) is 0 Å². The highest BCUT2D eigenvalue weighted by atomic mass is 35.5. The van der Waals surface area contributed by atoms with Crippen molar-refractivity contribution >= 4 is 52.1 Å². The van der Waals surface area contributed by atoms with Crippen molar-refractivity contribution in [3.05, 3.63) is 34.6 Å². The fraction of sp³-hybridized carbons (Fsp3) is 0.357. The number of rotatable bonds is 3. The Bertz CT molecular complexity index is 681. The predicted molar refractivity (Wildman–Crippen MR) is 97.0 cm³/mol. The van der Waals surface area contributed by atoms with E-state index >= 15 is 0 Å². The van der Waals surface area contributed by atoms with Crippen LogP contribution in [0.25, 0.3) is 0 Å². The molecular formula is C14H16ClFN4O2S2. The number of carbonyl (C=O) groups excluding carboxylic acids is 1. The molecule has 0 saturated carbocycles. The van der Waals surface area contributed by atoms with Crippen LogP contribution in [0.15, 0.2) is 23.3 Å². The van der Waals surface area contributed by atoms with Crippen molar-refractivity contribution in [3.63, 3.8) is 0 Å². The monoisotopic (exact) mass is 390 g/mol. The molecule has 1 fully saturated rings. The topological polar surface area (TPSA) is 68.2 Å². The van der Waals surface area contributed by atoms with E-state index in [0.717, 1.165) is 0 Å². The third-order valence-electron chi connectivity index (χ3n) is 3.36. The molecule has 0 radical (unpaired) electrons. The summed E-state index contributed by atoms with van der Waals surface area (Å²) in [5, 5.41) is 18.7. The van der Waals surface area contributed by atoms with Crippen LogP contribution in [0.4, 0.5) is 9.18 Å². The van der Waals surface area contributed by atoms with Gasteiger partial charge in [-0.2, -0.15) is 10.2 Å². The fourth-order valence-corrected chi connectivity index (χ4v) is 4.21. The molecule has 1 aromatic rings. The molecule has 2 N–H and O–H groups in total. The van der Waals surface area contributed by atoms with E-state index in [9.17, 15) is 14.4 Å². The van der Waals surface area contributed by atoms with Crippen LogP contribution in [0.3, 0.4) is 0 Å². The molecule has 1 aliphatic heterocycles. The van der Waals surface area contributed by atoms with Crippen molar-refractivity contribution in [2.24, 2.45) is 5.10 Å². The summed E-state index contributed by atoms with van der Waals surface area (Å²) in [6.07, 6.45) is 0.355. The minimum Gasteiger partial charge on any atom is -0.339 e. The highest BCUT2D eigenvalue weighted by Gasteiger charge is 2.49. The maximum atomic E-state index is 13.9. The minimum absolute atomic E-state index is 0.0971. The third kappa shape index (κ3) is 3.64. The number of benzene rings is 1. The number of hydrogen-bond donors (Lipinski definition) is 2. The van der Waals surface area contributed by atoms with Crippen LogP contribution in [-0.2, 0) is 0 Å². The van der Waals surface area contributed by atoms with E-state index in [2.05, 4.69) is 10.4 Å². The van der Waals surface area contributed by atoms with Gasteiger partial charge in [-0.3, -0.25) is 5.21 Å². The molecule has 24 heavy (non-hydrogen) atoms. The van der Waals surface area contributed by atoms with Crippen molar-refractivity contribution in [1.29, 1.82) is 0 Å². The lowest BCUT2D eigenvalue weighted by molar-refractivity contribution is -0.117. The van der Waals surface area contributed by atoms with Gasteiger partial charge in [-0.25, -0.2) is 14.2 Å². The summed E-state index contributed by atoms with van der Waals surface area (Å²) in [4.78, 5) is 11.8. The summed E-state index contributed by atoms with van der Waals surface area (Å²) in [7, 11) is 1.39. The number of halogens is 2. The van der Waals surface area contributed by atoms with Crippen LogP contribution in [-0.4, -0.2) is 49.8 Å². The Hall–Kier alpha value is -1.42. The molecule has 2 rings (SSSR count). The Labute approximate surface area is 153 Å². The summed E-state index contributed by atoms with van der Waals surface area (Å²) >= 11 is 12.5. The summed E-state index contributed by atoms with van der Waals surface area (Å²) in [5.74, 6) is -0.535. The molecule has 0 aliphatic carbocycles. The maximum absolute atomic E-state index is 13.9. The van der Waals surface area contributed by atoms with E-state index in [-0.39, 0.29) is 10.6 Å². The second-order valence-electron chi connectivity index (χ2n) is 5.47. The van der Waals surface area contributed by atoms with Crippen molar-refractivity contribution in [3.8, 4) is 0 Å². The number of hydrazone groups is 1. The summed E-state index contributed by atoms with van der Waals surface area (Å²) in [6.45, 7) is 3.62. The number of thioether (sulfide) groups is 1. The van der Waals surface area contributed by atoms with Gasteiger partial charge in [-0.15, -0.1) is 0 Å². The molecule has 0 spiro atoms. The molecule has 6 nitrogen and oxygen atoms in total. The van der Waals surface area contributed by atoms with Gasteiger partial charge in [0.2, 0.25) is 0 Å². The summed E-state index contributed by atoms with van der Waals surface area (Å²) in [5.41, 5.74) is 0.0971. The average molecular weight is 391 g/mol. The van der Waals surface area contributed by atoms with Gasteiger partial charge in [0, 0.05) is 12.6 Å². The number of thiocarbonyl (C=S) groups is 1. The van der Waals surface area contributed by atoms with Crippen LogP contribution in [0.2, 0.25) is 5.02 Å². The molecule has 0 bridgehead atoms. The van der Waals surface area contributed by atoms with Crippen molar-refractivity contribution in [2.45, 2.75) is 24.8 Å². The predicted octanol–water partition coefficient (Wildman–Crippen LogP) is 3.28. The van der Waals surface area contributed by atoms with Gasteiger partial charge in [0.05, 0.1) is 16.0 Å². The molecule has 2 amide bonds.